The zero-order valence-electron chi connectivity index (χ0n) is 8.15. The Morgan fingerprint density at radius 2 is 1.91 bits per heavy atom. The van der Waals surface area contributed by atoms with Gasteiger partial charge in [-0.05, 0) is 37.5 Å². The zero-order valence-corrected chi connectivity index (χ0v) is 8.15. The highest BCUT2D eigenvalue weighted by Gasteiger charge is 2.51. The lowest BCUT2D eigenvalue weighted by Crippen LogP contribution is -2.35. The van der Waals surface area contributed by atoms with Gasteiger partial charge in [-0.25, -0.2) is 0 Å². The van der Waals surface area contributed by atoms with Crippen LogP contribution in [0.2, 0.25) is 0 Å². The Kier molecular flexibility index (Phi) is 2.04. The number of hydrogen-bond acceptors (Lipinski definition) is 1. The van der Waals surface area contributed by atoms with Crippen LogP contribution in [0.15, 0.2) is 0 Å². The molecule has 1 heteroatoms. The van der Waals surface area contributed by atoms with Crippen LogP contribution in [0.5, 0.6) is 0 Å². The number of aliphatic hydroxyl groups is 1. The molecule has 0 aromatic rings. The molecule has 1 nitrogen and oxygen atoms in total. The van der Waals surface area contributed by atoms with Crippen LogP contribution >= 0.6 is 0 Å². The van der Waals surface area contributed by atoms with Gasteiger partial charge in [0.25, 0.3) is 0 Å². The van der Waals surface area contributed by atoms with Crippen LogP contribution in [0.1, 0.15) is 47.0 Å². The van der Waals surface area contributed by atoms with Gasteiger partial charge in [-0.3, -0.25) is 0 Å². The van der Waals surface area contributed by atoms with E-state index in [2.05, 4.69) is 20.8 Å². The molecule has 0 spiro atoms. The maximum Gasteiger partial charge on any atom is 0.0675 e. The van der Waals surface area contributed by atoms with Crippen molar-refractivity contribution in [1.29, 1.82) is 0 Å². The van der Waals surface area contributed by atoms with E-state index in [1.807, 2.05) is 6.92 Å². The van der Waals surface area contributed by atoms with Gasteiger partial charge in [0.05, 0.1) is 5.60 Å². The molecule has 1 saturated carbocycles. The second-order valence-corrected chi connectivity index (χ2v) is 4.93. The fourth-order valence-electron chi connectivity index (χ4n) is 1.77. The van der Waals surface area contributed by atoms with Crippen molar-refractivity contribution in [3.63, 3.8) is 0 Å². The normalized spacial score (nSPS) is 26.7. The van der Waals surface area contributed by atoms with E-state index in [9.17, 15) is 5.11 Å². The molecule has 1 atom stereocenters. The van der Waals surface area contributed by atoms with Crippen molar-refractivity contribution in [3.05, 3.63) is 0 Å². The minimum atomic E-state index is -0.429. The van der Waals surface area contributed by atoms with Gasteiger partial charge in [0.15, 0.2) is 0 Å². The smallest absolute Gasteiger partial charge is 0.0675 e. The first-order valence-corrected chi connectivity index (χ1v) is 4.60. The van der Waals surface area contributed by atoms with E-state index in [4.69, 9.17) is 0 Å². The highest BCUT2D eigenvalue weighted by Crippen LogP contribution is 2.55. The van der Waals surface area contributed by atoms with Crippen LogP contribution in [-0.4, -0.2) is 10.7 Å². The van der Waals surface area contributed by atoms with Gasteiger partial charge >= 0.3 is 0 Å². The van der Waals surface area contributed by atoms with Crippen LogP contribution in [-0.2, 0) is 0 Å². The molecule has 0 aromatic carbocycles. The van der Waals surface area contributed by atoms with Crippen molar-refractivity contribution >= 4 is 0 Å². The molecule has 1 unspecified atom stereocenters. The number of rotatable bonds is 3. The lowest BCUT2D eigenvalue weighted by atomic mass is 9.81. The fraction of sp³-hybridized carbons (Fsp3) is 1.00. The highest BCUT2D eigenvalue weighted by molar-refractivity contribution is 5.03. The van der Waals surface area contributed by atoms with Crippen molar-refractivity contribution < 1.29 is 5.11 Å². The monoisotopic (exact) mass is 156 g/mol. The average Bonchev–Trinajstić information content (AvgIpc) is 2.44. The largest absolute Gasteiger partial charge is 0.390 e. The summed E-state index contributed by atoms with van der Waals surface area (Å²) >= 11 is 0. The first kappa shape index (κ1) is 9.05. The van der Waals surface area contributed by atoms with Crippen molar-refractivity contribution in [3.8, 4) is 0 Å². The first-order valence-electron chi connectivity index (χ1n) is 4.60. The van der Waals surface area contributed by atoms with Gasteiger partial charge in [0.1, 0.15) is 0 Å². The molecular weight excluding hydrogens is 136 g/mol. The molecule has 66 valence electrons. The van der Waals surface area contributed by atoms with Gasteiger partial charge in [-0.1, -0.05) is 20.8 Å². The molecule has 0 radical (unpaired) electrons. The van der Waals surface area contributed by atoms with Crippen LogP contribution < -0.4 is 0 Å². The van der Waals surface area contributed by atoms with E-state index < -0.39 is 5.60 Å². The highest BCUT2D eigenvalue weighted by atomic mass is 16.3. The summed E-state index contributed by atoms with van der Waals surface area (Å²) in [5.74, 6) is 0.599. The summed E-state index contributed by atoms with van der Waals surface area (Å²) in [5.41, 5.74) is -0.196. The van der Waals surface area contributed by atoms with Crippen molar-refractivity contribution in [2.75, 3.05) is 0 Å². The molecular formula is C10H20O. The third kappa shape index (κ3) is 1.76. The topological polar surface area (TPSA) is 20.2 Å². The van der Waals surface area contributed by atoms with E-state index in [1.165, 1.54) is 12.8 Å². The maximum absolute atomic E-state index is 10.1. The SMILES string of the molecule is CC(C)CC(C)(O)C1(C)CC1. The Labute approximate surface area is 69.8 Å². The van der Waals surface area contributed by atoms with E-state index in [1.54, 1.807) is 0 Å². The minimum Gasteiger partial charge on any atom is -0.390 e. The predicted octanol–water partition coefficient (Wildman–Crippen LogP) is 2.58. The van der Waals surface area contributed by atoms with Crippen LogP contribution in [0.25, 0.3) is 0 Å². The summed E-state index contributed by atoms with van der Waals surface area (Å²) in [4.78, 5) is 0. The molecule has 0 aromatic heterocycles. The summed E-state index contributed by atoms with van der Waals surface area (Å²) in [6.45, 7) is 8.51. The Hall–Kier alpha value is -0.0400. The van der Waals surface area contributed by atoms with Crippen LogP contribution in [0.4, 0.5) is 0 Å². The van der Waals surface area contributed by atoms with E-state index in [0.717, 1.165) is 6.42 Å². The molecule has 1 fully saturated rings. The van der Waals surface area contributed by atoms with E-state index >= 15 is 0 Å². The molecule has 0 heterocycles. The van der Waals surface area contributed by atoms with Gasteiger partial charge < -0.3 is 5.11 Å². The summed E-state index contributed by atoms with van der Waals surface area (Å²) in [6.07, 6.45) is 3.34. The van der Waals surface area contributed by atoms with Crippen molar-refractivity contribution in [2.45, 2.75) is 52.6 Å². The molecule has 0 saturated heterocycles. The molecule has 11 heavy (non-hydrogen) atoms. The fourth-order valence-corrected chi connectivity index (χ4v) is 1.77. The standard InChI is InChI=1S/C10H20O/c1-8(2)7-10(4,11)9(3)5-6-9/h8,11H,5-7H2,1-4H3. The predicted molar refractivity (Wildman–Crippen MR) is 47.4 cm³/mol. The molecule has 0 bridgehead atoms. The van der Waals surface area contributed by atoms with Crippen LogP contribution in [0, 0.1) is 11.3 Å². The molecule has 1 aliphatic carbocycles. The zero-order chi connectivity index (χ0) is 8.70. The minimum absolute atomic E-state index is 0.233. The second kappa shape index (κ2) is 2.48. The van der Waals surface area contributed by atoms with E-state index in [-0.39, 0.29) is 5.41 Å². The van der Waals surface area contributed by atoms with E-state index in [0.29, 0.717) is 5.92 Å². The molecule has 0 aliphatic heterocycles. The second-order valence-electron chi connectivity index (χ2n) is 4.93. The number of hydrogen-bond donors (Lipinski definition) is 1. The first-order chi connectivity index (χ1) is 4.87. The quantitative estimate of drug-likeness (QED) is 0.666. The van der Waals surface area contributed by atoms with Gasteiger partial charge in [0, 0.05) is 0 Å². The third-order valence-corrected chi connectivity index (χ3v) is 3.11. The molecule has 1 rings (SSSR count). The van der Waals surface area contributed by atoms with Gasteiger partial charge in [0.2, 0.25) is 0 Å². The molecule has 0 amide bonds. The summed E-state index contributed by atoms with van der Waals surface area (Å²) in [6, 6.07) is 0. The Morgan fingerprint density at radius 1 is 1.45 bits per heavy atom. The van der Waals surface area contributed by atoms with Crippen LogP contribution in [0.3, 0.4) is 0 Å². The maximum atomic E-state index is 10.1. The average molecular weight is 156 g/mol. The summed E-state index contributed by atoms with van der Waals surface area (Å²) < 4.78 is 0. The van der Waals surface area contributed by atoms with Crippen molar-refractivity contribution in [2.24, 2.45) is 11.3 Å². The summed E-state index contributed by atoms with van der Waals surface area (Å²) in [7, 11) is 0. The van der Waals surface area contributed by atoms with Crippen molar-refractivity contribution in [1.82, 2.24) is 0 Å². The summed E-state index contributed by atoms with van der Waals surface area (Å²) in [5, 5.41) is 10.1. The Balaban J connectivity index is 2.52. The lowest BCUT2D eigenvalue weighted by molar-refractivity contribution is -0.0252. The molecule has 1 aliphatic rings. The third-order valence-electron chi connectivity index (χ3n) is 3.11. The Bertz CT molecular complexity index is 143. The Morgan fingerprint density at radius 3 is 2.18 bits per heavy atom. The van der Waals surface area contributed by atoms with Gasteiger partial charge in [-0.15, -0.1) is 0 Å². The molecule has 1 N–H and O–H groups in total. The lowest BCUT2D eigenvalue weighted by Gasteiger charge is -2.32. The van der Waals surface area contributed by atoms with Gasteiger partial charge in [-0.2, -0.15) is 0 Å².